The predicted molar refractivity (Wildman–Crippen MR) is 155 cm³/mol. The number of anilines is 1. The number of piperazine rings is 1. The molecule has 208 valence electrons. The number of nitrogens with zero attached hydrogens (tertiary/aromatic N) is 5. The van der Waals surface area contributed by atoms with Gasteiger partial charge in [0, 0.05) is 63.6 Å². The molecule has 0 spiro atoms. The summed E-state index contributed by atoms with van der Waals surface area (Å²) < 4.78 is 10.7. The van der Waals surface area contributed by atoms with Gasteiger partial charge in [-0.15, -0.1) is 0 Å². The number of methoxy groups -OCH3 is 1. The van der Waals surface area contributed by atoms with Crippen LogP contribution in [-0.2, 0) is 14.3 Å². The lowest BCUT2D eigenvalue weighted by molar-refractivity contribution is -0.132. The molecule has 0 N–H and O–H groups in total. The highest BCUT2D eigenvalue weighted by Crippen LogP contribution is 2.25. The van der Waals surface area contributed by atoms with E-state index in [1.54, 1.807) is 12.0 Å². The molecule has 0 bridgehead atoms. The lowest BCUT2D eigenvalue weighted by Gasteiger charge is -2.36. The van der Waals surface area contributed by atoms with E-state index in [4.69, 9.17) is 21.7 Å². The monoisotopic (exact) mass is 551 g/mol. The minimum atomic E-state index is -0.391. The van der Waals surface area contributed by atoms with Crippen molar-refractivity contribution in [2.24, 2.45) is 10.9 Å². The molecule has 4 aliphatic rings. The van der Waals surface area contributed by atoms with Crippen molar-refractivity contribution in [2.75, 3.05) is 71.0 Å². The first-order valence-corrected chi connectivity index (χ1v) is 14.3. The summed E-state index contributed by atoms with van der Waals surface area (Å²) in [6.07, 6.45) is 8.92. The SMILES string of the molecule is COc1ccc(N2CCN(C(=O)CCCCCN3C(=O)C4C=C(N5CCOCC5)C=CC4=NC3=S)CC2)cc1. The van der Waals surface area contributed by atoms with E-state index in [1.807, 2.05) is 35.3 Å². The van der Waals surface area contributed by atoms with Crippen LogP contribution in [0.1, 0.15) is 25.7 Å². The van der Waals surface area contributed by atoms with Gasteiger partial charge >= 0.3 is 0 Å². The Labute approximate surface area is 235 Å². The number of allylic oxidation sites excluding steroid dienone is 2. The molecule has 1 aromatic rings. The third-order valence-corrected chi connectivity index (χ3v) is 8.10. The molecule has 2 saturated heterocycles. The first kappa shape index (κ1) is 27.3. The van der Waals surface area contributed by atoms with Gasteiger partial charge in [0.05, 0.1) is 26.0 Å². The van der Waals surface area contributed by atoms with Gasteiger partial charge in [-0.05, 0) is 67.6 Å². The van der Waals surface area contributed by atoms with E-state index < -0.39 is 5.92 Å². The lowest BCUT2D eigenvalue weighted by atomic mass is 9.93. The molecule has 2 amide bonds. The minimum Gasteiger partial charge on any atom is -0.497 e. The number of ether oxygens (including phenoxy) is 2. The Bertz CT molecular complexity index is 1150. The Hall–Kier alpha value is -3.24. The first-order chi connectivity index (χ1) is 19.0. The van der Waals surface area contributed by atoms with Crippen molar-refractivity contribution in [3.8, 4) is 5.75 Å². The van der Waals surface area contributed by atoms with Crippen molar-refractivity contribution in [1.29, 1.82) is 0 Å². The van der Waals surface area contributed by atoms with Crippen LogP contribution in [0.2, 0.25) is 0 Å². The maximum atomic E-state index is 13.3. The Morgan fingerprint density at radius 2 is 1.74 bits per heavy atom. The third kappa shape index (κ3) is 6.50. The van der Waals surface area contributed by atoms with E-state index in [1.165, 1.54) is 0 Å². The number of carbonyl (C=O) groups excluding carboxylic acids is 2. The van der Waals surface area contributed by atoms with Crippen LogP contribution in [0.3, 0.4) is 0 Å². The molecule has 1 aliphatic carbocycles. The molecule has 1 unspecified atom stereocenters. The highest BCUT2D eigenvalue weighted by Gasteiger charge is 2.35. The fraction of sp³-hybridized carbons (Fsp3) is 0.517. The maximum Gasteiger partial charge on any atom is 0.241 e. The highest BCUT2D eigenvalue weighted by atomic mass is 32.1. The molecule has 0 radical (unpaired) electrons. The van der Waals surface area contributed by atoms with E-state index in [-0.39, 0.29) is 11.8 Å². The van der Waals surface area contributed by atoms with Crippen LogP contribution in [0, 0.1) is 5.92 Å². The number of hydrogen-bond donors (Lipinski definition) is 0. The predicted octanol–water partition coefficient (Wildman–Crippen LogP) is 2.87. The zero-order valence-electron chi connectivity index (χ0n) is 22.6. The molecule has 1 aromatic carbocycles. The van der Waals surface area contributed by atoms with Gasteiger partial charge < -0.3 is 24.2 Å². The Morgan fingerprint density at radius 1 is 1.00 bits per heavy atom. The second-order valence-corrected chi connectivity index (χ2v) is 10.6. The van der Waals surface area contributed by atoms with Crippen LogP contribution >= 0.6 is 12.2 Å². The van der Waals surface area contributed by atoms with Crippen LogP contribution in [0.5, 0.6) is 5.75 Å². The number of unbranched alkanes of at least 4 members (excludes halogenated alkanes) is 2. The Balaban J connectivity index is 1.03. The van der Waals surface area contributed by atoms with E-state index in [9.17, 15) is 9.59 Å². The molecular weight excluding hydrogens is 514 g/mol. The number of hydrogen-bond acceptors (Lipinski definition) is 7. The van der Waals surface area contributed by atoms with Gasteiger partial charge in [0.2, 0.25) is 16.9 Å². The summed E-state index contributed by atoms with van der Waals surface area (Å²) in [5, 5.41) is 0.338. The zero-order chi connectivity index (χ0) is 27.2. The van der Waals surface area contributed by atoms with E-state index in [0.717, 1.165) is 81.4 Å². The average molecular weight is 552 g/mol. The summed E-state index contributed by atoms with van der Waals surface area (Å²) >= 11 is 5.45. The number of benzene rings is 1. The van der Waals surface area contributed by atoms with Crippen LogP contribution < -0.4 is 9.64 Å². The largest absolute Gasteiger partial charge is 0.497 e. The fourth-order valence-electron chi connectivity index (χ4n) is 5.45. The first-order valence-electron chi connectivity index (χ1n) is 13.9. The summed E-state index contributed by atoms with van der Waals surface area (Å²) in [4.78, 5) is 38.8. The van der Waals surface area contributed by atoms with Gasteiger partial charge in [-0.2, -0.15) is 0 Å². The van der Waals surface area contributed by atoms with Gasteiger partial charge in [-0.25, -0.2) is 4.99 Å². The van der Waals surface area contributed by atoms with Crippen LogP contribution in [-0.4, -0.2) is 103 Å². The number of aliphatic imine (C=N–C) groups is 1. The smallest absolute Gasteiger partial charge is 0.241 e. The van der Waals surface area contributed by atoms with Crippen LogP contribution in [0.15, 0.2) is 53.2 Å². The summed E-state index contributed by atoms with van der Waals surface area (Å²) in [6, 6.07) is 8.05. The normalized spacial score (nSPS) is 21.5. The van der Waals surface area contributed by atoms with Crippen molar-refractivity contribution < 1.29 is 19.1 Å². The van der Waals surface area contributed by atoms with Crippen molar-refractivity contribution in [2.45, 2.75) is 25.7 Å². The second-order valence-electron chi connectivity index (χ2n) is 10.2. The van der Waals surface area contributed by atoms with Gasteiger partial charge in [0.15, 0.2) is 0 Å². The van der Waals surface area contributed by atoms with Crippen LogP contribution in [0.4, 0.5) is 5.69 Å². The fourth-order valence-corrected chi connectivity index (χ4v) is 5.74. The molecule has 5 rings (SSSR count). The summed E-state index contributed by atoms with van der Waals surface area (Å²) in [7, 11) is 1.67. The van der Waals surface area contributed by atoms with Crippen molar-refractivity contribution >= 4 is 40.5 Å². The molecule has 0 aromatic heterocycles. The topological polar surface area (TPSA) is 77.9 Å². The van der Waals surface area contributed by atoms with Gasteiger partial charge in [0.25, 0.3) is 0 Å². The van der Waals surface area contributed by atoms with Crippen molar-refractivity contribution in [1.82, 2.24) is 14.7 Å². The zero-order valence-corrected chi connectivity index (χ0v) is 23.4. The molecule has 3 aliphatic heterocycles. The Morgan fingerprint density at radius 3 is 2.46 bits per heavy atom. The molecule has 10 heteroatoms. The maximum absolute atomic E-state index is 13.3. The molecule has 3 heterocycles. The number of rotatable bonds is 9. The van der Waals surface area contributed by atoms with Gasteiger partial charge in [-0.3, -0.25) is 14.5 Å². The summed E-state index contributed by atoms with van der Waals surface area (Å²) in [5.41, 5.74) is 2.92. The lowest BCUT2D eigenvalue weighted by Crippen LogP contribution is -2.48. The number of thiocarbonyl (C=S) groups is 1. The highest BCUT2D eigenvalue weighted by molar-refractivity contribution is 7.80. The quantitative estimate of drug-likeness (QED) is 0.345. The molecule has 0 saturated carbocycles. The second kappa shape index (κ2) is 12.7. The van der Waals surface area contributed by atoms with Crippen molar-refractivity contribution in [3.05, 3.63) is 48.2 Å². The molecule has 39 heavy (non-hydrogen) atoms. The minimum absolute atomic E-state index is 0.00841. The number of morpholine rings is 1. The summed E-state index contributed by atoms with van der Waals surface area (Å²) in [6.45, 7) is 6.69. The van der Waals surface area contributed by atoms with E-state index in [0.29, 0.717) is 31.3 Å². The Kier molecular flexibility index (Phi) is 8.93. The standard InChI is InChI=1S/C29H37N5O4S/c1-37-24-9-6-22(7-10-24)31-13-15-33(16-14-31)27(35)5-3-2-4-12-34-28(36)25-21-23(32-17-19-38-20-18-32)8-11-26(25)30-29(34)39/h6-11,21,25H,2-5,12-20H2,1H3. The third-order valence-electron chi connectivity index (χ3n) is 7.79. The van der Waals surface area contributed by atoms with Gasteiger partial charge in [0.1, 0.15) is 11.7 Å². The van der Waals surface area contributed by atoms with Gasteiger partial charge in [-0.1, -0.05) is 6.42 Å². The average Bonchev–Trinajstić information content (AvgIpc) is 2.99. The number of amides is 2. The molecular formula is C29H37N5O4S. The van der Waals surface area contributed by atoms with E-state index in [2.05, 4.69) is 26.9 Å². The number of fused-ring (bicyclic) bond motifs is 1. The van der Waals surface area contributed by atoms with Crippen LogP contribution in [0.25, 0.3) is 0 Å². The number of carbonyl (C=O) groups is 2. The summed E-state index contributed by atoms with van der Waals surface area (Å²) in [5.74, 6) is 0.652. The van der Waals surface area contributed by atoms with Crippen molar-refractivity contribution in [3.63, 3.8) is 0 Å². The van der Waals surface area contributed by atoms with E-state index >= 15 is 0 Å². The molecule has 9 nitrogen and oxygen atoms in total. The molecule has 2 fully saturated rings. The molecule has 1 atom stereocenters.